The number of para-hydroxylation sites is 3. The lowest BCUT2D eigenvalue weighted by atomic mass is 9.99. The monoisotopic (exact) mass is 643 g/mol. The van der Waals surface area contributed by atoms with Crippen LogP contribution in [0, 0.1) is 0 Å². The van der Waals surface area contributed by atoms with Gasteiger partial charge in [-0.05, 0) is 47.2 Å². The van der Waals surface area contributed by atoms with E-state index in [1.54, 1.807) is 11.3 Å². The van der Waals surface area contributed by atoms with E-state index in [9.17, 15) is 0 Å². The van der Waals surface area contributed by atoms with Crippen LogP contribution in [-0.4, -0.2) is 24.1 Å². The third kappa shape index (κ3) is 3.66. The van der Waals surface area contributed by atoms with Gasteiger partial charge in [0, 0.05) is 44.4 Å². The molecule has 6 aromatic carbocycles. The summed E-state index contributed by atoms with van der Waals surface area (Å²) in [5.41, 5.74) is 7.17. The van der Waals surface area contributed by atoms with E-state index in [-0.39, 0.29) is 0 Å². The van der Waals surface area contributed by atoms with Crippen molar-refractivity contribution in [3.8, 4) is 22.9 Å². The summed E-state index contributed by atoms with van der Waals surface area (Å²) < 4.78 is 5.77. The molecule has 49 heavy (non-hydrogen) atoms. The second-order valence-electron chi connectivity index (χ2n) is 12.4. The summed E-state index contributed by atoms with van der Waals surface area (Å²) in [4.78, 5) is 17.0. The number of pyridine rings is 1. The molecule has 0 N–H and O–H groups in total. The van der Waals surface area contributed by atoms with E-state index in [0.29, 0.717) is 5.95 Å². The first kappa shape index (κ1) is 26.7. The smallest absolute Gasteiger partial charge is 0.237 e. The quantitative estimate of drug-likeness (QED) is 0.192. The van der Waals surface area contributed by atoms with Gasteiger partial charge in [0.05, 0.1) is 32.3 Å². The van der Waals surface area contributed by atoms with E-state index in [1.165, 1.54) is 37.0 Å². The highest BCUT2D eigenvalue weighted by atomic mass is 32.1. The molecule has 0 aliphatic rings. The fourth-order valence-corrected chi connectivity index (χ4v) is 9.00. The van der Waals surface area contributed by atoms with Gasteiger partial charge >= 0.3 is 0 Å². The van der Waals surface area contributed by atoms with Crippen LogP contribution < -0.4 is 0 Å². The molecular formula is C43H25N5S. The van der Waals surface area contributed by atoms with Crippen LogP contribution in [0.4, 0.5) is 0 Å². The van der Waals surface area contributed by atoms with Crippen LogP contribution in [-0.2, 0) is 0 Å². The molecule has 0 amide bonds. The van der Waals surface area contributed by atoms with E-state index in [0.717, 1.165) is 54.7 Å². The van der Waals surface area contributed by atoms with Gasteiger partial charge in [-0.2, -0.15) is 4.98 Å². The van der Waals surface area contributed by atoms with E-state index >= 15 is 0 Å². The van der Waals surface area contributed by atoms with Crippen LogP contribution in [0.3, 0.4) is 0 Å². The van der Waals surface area contributed by atoms with Gasteiger partial charge in [-0.1, -0.05) is 109 Å². The molecule has 0 saturated carbocycles. The normalized spacial score (nSPS) is 12.1. The van der Waals surface area contributed by atoms with Crippen molar-refractivity contribution in [2.45, 2.75) is 0 Å². The molecule has 11 rings (SSSR count). The Morgan fingerprint density at radius 3 is 1.82 bits per heavy atom. The molecule has 0 unspecified atom stereocenters. The van der Waals surface area contributed by atoms with Gasteiger partial charge in [0.25, 0.3) is 0 Å². The Hall–Kier alpha value is -6.37. The van der Waals surface area contributed by atoms with Crippen LogP contribution in [0.1, 0.15) is 0 Å². The molecule has 0 saturated heterocycles. The second kappa shape index (κ2) is 10.1. The van der Waals surface area contributed by atoms with Crippen molar-refractivity contribution in [3.05, 3.63) is 152 Å². The maximum Gasteiger partial charge on any atom is 0.237 e. The highest BCUT2D eigenvalue weighted by molar-refractivity contribution is 7.26. The molecule has 0 aliphatic heterocycles. The van der Waals surface area contributed by atoms with Gasteiger partial charge in [-0.25, -0.2) is 9.97 Å². The second-order valence-corrected chi connectivity index (χ2v) is 13.4. The molecule has 5 heterocycles. The van der Waals surface area contributed by atoms with Crippen molar-refractivity contribution >= 4 is 86.2 Å². The standard InChI is InChI=1S/C43H25N5S/c1-3-14-26(15-4-1)38-37-31-21-10-11-23-33(31)47(27-16-5-2-6-17-27)41(37)46-43(45-38)48-34-24-12-9-20-30(34)35-28-18-7-8-19-29(28)36-32-22-13-25-44-42(32)49-40(36)39(35)48/h1-25H. The minimum absolute atomic E-state index is 0.638. The third-order valence-corrected chi connectivity index (χ3v) is 10.9. The van der Waals surface area contributed by atoms with Crippen LogP contribution in [0.25, 0.3) is 97.7 Å². The minimum atomic E-state index is 0.638. The molecule has 0 fully saturated rings. The van der Waals surface area contributed by atoms with Crippen LogP contribution in [0.2, 0.25) is 0 Å². The minimum Gasteiger partial charge on any atom is -0.294 e. The number of fused-ring (bicyclic) bond motifs is 13. The molecule has 0 atom stereocenters. The van der Waals surface area contributed by atoms with E-state index in [1.807, 2.05) is 12.3 Å². The van der Waals surface area contributed by atoms with Crippen molar-refractivity contribution in [1.82, 2.24) is 24.1 Å². The highest BCUT2D eigenvalue weighted by Gasteiger charge is 2.26. The summed E-state index contributed by atoms with van der Waals surface area (Å²) in [7, 11) is 0. The zero-order chi connectivity index (χ0) is 32.1. The summed E-state index contributed by atoms with van der Waals surface area (Å²) in [6, 6.07) is 51.3. The van der Waals surface area contributed by atoms with Crippen LogP contribution >= 0.6 is 11.3 Å². The van der Waals surface area contributed by atoms with Crippen molar-refractivity contribution in [1.29, 1.82) is 0 Å². The lowest BCUT2D eigenvalue weighted by molar-refractivity contribution is 0.997. The average Bonchev–Trinajstić information content (AvgIpc) is 3.84. The fraction of sp³-hybridized carbons (Fsp3) is 0. The number of hydrogen-bond acceptors (Lipinski definition) is 4. The Labute approximate surface area is 284 Å². The predicted molar refractivity (Wildman–Crippen MR) is 204 cm³/mol. The number of hydrogen-bond donors (Lipinski definition) is 0. The molecule has 5 aromatic heterocycles. The molecule has 6 heteroatoms. The Morgan fingerprint density at radius 1 is 0.469 bits per heavy atom. The first-order valence-corrected chi connectivity index (χ1v) is 17.2. The molecule has 0 radical (unpaired) electrons. The first-order chi connectivity index (χ1) is 24.3. The largest absolute Gasteiger partial charge is 0.294 e. The van der Waals surface area contributed by atoms with Crippen LogP contribution in [0.15, 0.2) is 152 Å². The summed E-state index contributed by atoms with van der Waals surface area (Å²) in [6.45, 7) is 0. The number of rotatable bonds is 3. The zero-order valence-corrected chi connectivity index (χ0v) is 26.9. The molecule has 5 nitrogen and oxygen atoms in total. The molecule has 0 spiro atoms. The maximum atomic E-state index is 5.56. The number of nitrogens with zero attached hydrogens (tertiary/aromatic N) is 5. The van der Waals surface area contributed by atoms with E-state index in [2.05, 4.69) is 149 Å². The lowest BCUT2D eigenvalue weighted by Crippen LogP contribution is -2.05. The summed E-state index contributed by atoms with van der Waals surface area (Å²) in [5.74, 6) is 0.638. The molecular weight excluding hydrogens is 619 g/mol. The summed E-state index contributed by atoms with van der Waals surface area (Å²) in [6.07, 6.45) is 1.89. The molecule has 0 bridgehead atoms. The highest BCUT2D eigenvalue weighted by Crippen LogP contribution is 2.47. The Morgan fingerprint density at radius 2 is 1.06 bits per heavy atom. The van der Waals surface area contributed by atoms with Gasteiger partial charge in [0.2, 0.25) is 5.95 Å². The van der Waals surface area contributed by atoms with E-state index < -0.39 is 0 Å². The molecule has 228 valence electrons. The average molecular weight is 644 g/mol. The Balaban J connectivity index is 1.39. The van der Waals surface area contributed by atoms with Gasteiger partial charge < -0.3 is 0 Å². The summed E-state index contributed by atoms with van der Waals surface area (Å²) >= 11 is 1.75. The van der Waals surface area contributed by atoms with Crippen molar-refractivity contribution in [3.63, 3.8) is 0 Å². The van der Waals surface area contributed by atoms with Gasteiger partial charge in [-0.3, -0.25) is 9.13 Å². The van der Waals surface area contributed by atoms with Gasteiger partial charge in [-0.15, -0.1) is 11.3 Å². The fourth-order valence-electron chi connectivity index (χ4n) is 7.81. The Kier molecular flexibility index (Phi) is 5.48. The van der Waals surface area contributed by atoms with Crippen molar-refractivity contribution in [2.75, 3.05) is 0 Å². The van der Waals surface area contributed by atoms with Crippen molar-refractivity contribution < 1.29 is 0 Å². The SMILES string of the molecule is c1ccc(-c2nc(-n3c4ccccc4c4c5ccccc5c5c6cccnc6sc5c43)nc3c2c2ccccc2n3-c2ccccc2)cc1. The Bertz CT molecular complexity index is 3100. The zero-order valence-electron chi connectivity index (χ0n) is 26.1. The van der Waals surface area contributed by atoms with E-state index in [4.69, 9.17) is 15.0 Å². The van der Waals surface area contributed by atoms with Gasteiger partial charge in [0.1, 0.15) is 4.83 Å². The van der Waals surface area contributed by atoms with Gasteiger partial charge in [0.15, 0.2) is 5.65 Å². The number of benzene rings is 6. The predicted octanol–water partition coefficient (Wildman–Crippen LogP) is 11.3. The topological polar surface area (TPSA) is 48.5 Å². The van der Waals surface area contributed by atoms with Crippen LogP contribution in [0.5, 0.6) is 0 Å². The number of thiophene rings is 1. The molecule has 0 aliphatic carbocycles. The first-order valence-electron chi connectivity index (χ1n) is 16.4. The third-order valence-electron chi connectivity index (χ3n) is 9.79. The number of aromatic nitrogens is 5. The maximum absolute atomic E-state index is 5.56. The lowest BCUT2D eigenvalue weighted by Gasteiger charge is -2.13. The van der Waals surface area contributed by atoms with Crippen molar-refractivity contribution in [2.24, 2.45) is 0 Å². The molecule has 11 aromatic rings. The summed E-state index contributed by atoms with van der Waals surface area (Å²) in [5, 5.41) is 9.39.